The number of carboxylic acid groups (broad SMARTS) is 1. The van der Waals surface area contributed by atoms with Crippen LogP contribution in [0.15, 0.2) is 48.5 Å². The zero-order valence-corrected chi connectivity index (χ0v) is 20.0. The number of alkyl carbamates (subject to hydrolysis) is 1. The normalized spacial score (nSPS) is 23.0. The van der Waals surface area contributed by atoms with Gasteiger partial charge in [-0.2, -0.15) is 0 Å². The smallest absolute Gasteiger partial charge is 0.407 e. The van der Waals surface area contributed by atoms with Crippen molar-refractivity contribution in [2.75, 3.05) is 13.2 Å². The summed E-state index contributed by atoms with van der Waals surface area (Å²) in [5.41, 5.74) is 4.65. The Morgan fingerprint density at radius 1 is 1.06 bits per heavy atom. The van der Waals surface area contributed by atoms with Crippen LogP contribution in [0.3, 0.4) is 0 Å². The number of ether oxygens (including phenoxy) is 1. The van der Waals surface area contributed by atoms with Gasteiger partial charge >= 0.3 is 12.1 Å². The number of benzene rings is 2. The molecule has 2 amide bonds. The highest BCUT2D eigenvalue weighted by Gasteiger charge is 2.52. The molecule has 1 aliphatic carbocycles. The van der Waals surface area contributed by atoms with Gasteiger partial charge in [-0.05, 0) is 47.9 Å². The van der Waals surface area contributed by atoms with Gasteiger partial charge in [-0.25, -0.2) is 4.79 Å². The molecule has 2 aliphatic heterocycles. The molecule has 7 heteroatoms. The number of nitrogens with zero attached hydrogens (tertiary/aromatic N) is 1. The quantitative estimate of drug-likeness (QED) is 0.589. The number of carboxylic acids is 1. The second-order valence-electron chi connectivity index (χ2n) is 9.92. The predicted molar refractivity (Wildman–Crippen MR) is 131 cm³/mol. The lowest BCUT2D eigenvalue weighted by molar-refractivity contribution is -0.143. The lowest BCUT2D eigenvalue weighted by Gasteiger charge is -2.28. The summed E-state index contributed by atoms with van der Waals surface area (Å²) in [6, 6.07) is 16.1. The molecular weight excluding hydrogens is 444 g/mol. The molecule has 184 valence electrons. The highest BCUT2D eigenvalue weighted by molar-refractivity contribution is 5.83. The summed E-state index contributed by atoms with van der Waals surface area (Å²) < 4.78 is 5.62. The number of hydrogen-bond donors (Lipinski definition) is 2. The fourth-order valence-corrected chi connectivity index (χ4v) is 6.33. The van der Waals surface area contributed by atoms with Crippen molar-refractivity contribution < 1.29 is 24.2 Å². The second-order valence-corrected chi connectivity index (χ2v) is 9.92. The molecule has 3 aliphatic rings. The van der Waals surface area contributed by atoms with Crippen molar-refractivity contribution in [2.45, 2.75) is 57.0 Å². The largest absolute Gasteiger partial charge is 0.481 e. The van der Waals surface area contributed by atoms with Crippen LogP contribution in [0.2, 0.25) is 0 Å². The van der Waals surface area contributed by atoms with Crippen molar-refractivity contribution in [3.8, 4) is 11.1 Å². The Labute approximate surface area is 205 Å². The van der Waals surface area contributed by atoms with E-state index >= 15 is 0 Å². The number of rotatable bonds is 8. The molecule has 0 aromatic heterocycles. The number of aliphatic carboxylic acids is 1. The minimum Gasteiger partial charge on any atom is -0.481 e. The third kappa shape index (κ3) is 4.28. The van der Waals surface area contributed by atoms with Crippen LogP contribution in [0.4, 0.5) is 4.79 Å². The maximum Gasteiger partial charge on any atom is 0.407 e. The first-order chi connectivity index (χ1) is 17.0. The van der Waals surface area contributed by atoms with Gasteiger partial charge in [0.1, 0.15) is 6.61 Å². The van der Waals surface area contributed by atoms with Crippen molar-refractivity contribution >= 4 is 18.0 Å². The number of carbonyl (C=O) groups excluding carboxylic acids is 2. The van der Waals surface area contributed by atoms with E-state index in [0.717, 1.165) is 30.4 Å². The minimum absolute atomic E-state index is 0.00223. The first-order valence-electron chi connectivity index (χ1n) is 12.6. The zero-order chi connectivity index (χ0) is 24.5. The number of fused-ring (bicyclic) bond motifs is 5. The summed E-state index contributed by atoms with van der Waals surface area (Å²) in [5.74, 6) is -1.73. The summed E-state index contributed by atoms with van der Waals surface area (Å²) in [7, 11) is 0. The van der Waals surface area contributed by atoms with Crippen LogP contribution in [0.25, 0.3) is 11.1 Å². The number of nitrogens with one attached hydrogen (secondary N) is 1. The Bertz CT molecular complexity index is 1090. The van der Waals surface area contributed by atoms with E-state index in [9.17, 15) is 19.5 Å². The van der Waals surface area contributed by atoms with Crippen molar-refractivity contribution in [3.05, 3.63) is 59.7 Å². The first kappa shape index (κ1) is 23.4. The first-order valence-corrected chi connectivity index (χ1v) is 12.6. The molecule has 35 heavy (non-hydrogen) atoms. The molecule has 4 atom stereocenters. The Morgan fingerprint density at radius 2 is 1.71 bits per heavy atom. The van der Waals surface area contributed by atoms with Crippen LogP contribution < -0.4 is 5.32 Å². The average Bonchev–Trinajstić information content (AvgIpc) is 3.54. The number of amides is 2. The molecule has 2 aromatic carbocycles. The molecule has 2 aromatic rings. The van der Waals surface area contributed by atoms with Crippen molar-refractivity contribution in [1.82, 2.24) is 10.2 Å². The maximum atomic E-state index is 13.4. The van der Waals surface area contributed by atoms with Gasteiger partial charge in [0.15, 0.2) is 0 Å². The minimum atomic E-state index is -0.821. The van der Waals surface area contributed by atoms with Crippen LogP contribution >= 0.6 is 0 Å². The van der Waals surface area contributed by atoms with Gasteiger partial charge in [-0.1, -0.05) is 61.9 Å². The van der Waals surface area contributed by atoms with E-state index in [0.29, 0.717) is 12.8 Å². The van der Waals surface area contributed by atoms with Gasteiger partial charge < -0.3 is 20.1 Å². The van der Waals surface area contributed by atoms with E-state index in [2.05, 4.69) is 29.6 Å². The Kier molecular flexibility index (Phi) is 6.50. The lowest BCUT2D eigenvalue weighted by atomic mass is 9.89. The zero-order valence-electron chi connectivity index (χ0n) is 20.0. The SMILES string of the molecule is CCCC(CNC(=O)OCC1c2ccccc2-c2ccccc21)C(=O)N1C2CCC1C(C(=O)O)C2. The molecule has 2 fully saturated rings. The molecule has 0 radical (unpaired) electrons. The Hall–Kier alpha value is -3.35. The fourth-order valence-electron chi connectivity index (χ4n) is 6.33. The lowest BCUT2D eigenvalue weighted by Crippen LogP contribution is -2.45. The molecule has 7 nitrogen and oxygen atoms in total. The van der Waals surface area contributed by atoms with Gasteiger partial charge in [-0.15, -0.1) is 0 Å². The third-order valence-corrected chi connectivity index (χ3v) is 7.93. The highest BCUT2D eigenvalue weighted by atomic mass is 16.5. The molecule has 2 bridgehead atoms. The van der Waals surface area contributed by atoms with E-state index in [4.69, 9.17) is 4.74 Å². The molecular formula is C28H32N2O5. The van der Waals surface area contributed by atoms with Crippen LogP contribution in [-0.4, -0.2) is 53.2 Å². The molecule has 0 spiro atoms. The van der Waals surface area contributed by atoms with E-state index in [1.807, 2.05) is 31.2 Å². The van der Waals surface area contributed by atoms with Gasteiger partial charge in [0.05, 0.1) is 11.8 Å². The topological polar surface area (TPSA) is 95.9 Å². The van der Waals surface area contributed by atoms with Gasteiger partial charge in [0, 0.05) is 24.5 Å². The second kappa shape index (κ2) is 9.72. The van der Waals surface area contributed by atoms with Gasteiger partial charge in [0.25, 0.3) is 0 Å². The number of hydrogen-bond acceptors (Lipinski definition) is 4. The predicted octanol–water partition coefficient (Wildman–Crippen LogP) is 4.41. The molecule has 0 saturated carbocycles. The summed E-state index contributed by atoms with van der Waals surface area (Å²) >= 11 is 0. The van der Waals surface area contributed by atoms with Gasteiger partial charge in [0.2, 0.25) is 5.91 Å². The van der Waals surface area contributed by atoms with E-state index in [1.54, 1.807) is 4.90 Å². The molecule has 4 unspecified atom stereocenters. The summed E-state index contributed by atoms with van der Waals surface area (Å²) in [6.45, 7) is 2.42. The van der Waals surface area contributed by atoms with Crippen LogP contribution in [0.1, 0.15) is 56.1 Å². The standard InChI is InChI=1S/C28H32N2O5/c1-2-7-17(26(31)30-18-12-13-25(30)23(14-18)27(32)33)15-29-28(34)35-16-24-21-10-5-3-8-19(21)20-9-4-6-11-22(20)24/h3-6,8-11,17-18,23-25H,2,7,12-16H2,1H3,(H,29,34)(H,32,33). The highest BCUT2D eigenvalue weighted by Crippen LogP contribution is 2.45. The van der Waals surface area contributed by atoms with E-state index in [1.165, 1.54) is 11.1 Å². The van der Waals surface area contributed by atoms with Crippen molar-refractivity contribution in [3.63, 3.8) is 0 Å². The molecule has 2 saturated heterocycles. The van der Waals surface area contributed by atoms with Crippen LogP contribution in [-0.2, 0) is 14.3 Å². The van der Waals surface area contributed by atoms with Crippen LogP contribution in [0.5, 0.6) is 0 Å². The summed E-state index contributed by atoms with van der Waals surface area (Å²) in [5, 5.41) is 12.3. The summed E-state index contributed by atoms with van der Waals surface area (Å²) in [6.07, 6.45) is 3.04. The van der Waals surface area contributed by atoms with E-state index in [-0.39, 0.29) is 43.0 Å². The van der Waals surface area contributed by atoms with E-state index < -0.39 is 18.0 Å². The average molecular weight is 477 g/mol. The molecule has 2 heterocycles. The Morgan fingerprint density at radius 3 is 2.31 bits per heavy atom. The van der Waals surface area contributed by atoms with Crippen molar-refractivity contribution in [2.24, 2.45) is 11.8 Å². The fraction of sp³-hybridized carbons (Fsp3) is 0.464. The Balaban J connectivity index is 1.20. The van der Waals surface area contributed by atoms with Crippen molar-refractivity contribution in [1.29, 1.82) is 0 Å². The monoisotopic (exact) mass is 476 g/mol. The van der Waals surface area contributed by atoms with Gasteiger partial charge in [-0.3, -0.25) is 9.59 Å². The maximum absolute atomic E-state index is 13.4. The molecule has 2 N–H and O–H groups in total. The third-order valence-electron chi connectivity index (χ3n) is 7.93. The number of carbonyl (C=O) groups is 3. The van der Waals surface area contributed by atoms with Crippen LogP contribution in [0, 0.1) is 11.8 Å². The summed E-state index contributed by atoms with van der Waals surface area (Å²) in [4.78, 5) is 39.4. The molecule has 5 rings (SSSR count).